The Bertz CT molecular complexity index is 329. The molecule has 1 heterocycles. The van der Waals surface area contributed by atoms with E-state index >= 15 is 0 Å². The maximum absolute atomic E-state index is 5.84. The summed E-state index contributed by atoms with van der Waals surface area (Å²) in [5.74, 6) is 0. The molecular weight excluding hydrogens is 201 g/mol. The van der Waals surface area contributed by atoms with Crippen LogP contribution < -0.4 is 0 Å². The van der Waals surface area contributed by atoms with E-state index in [1.165, 1.54) is 0 Å². The van der Waals surface area contributed by atoms with Crippen LogP contribution in [-0.4, -0.2) is 25.0 Å². The number of nitrogens with zero attached hydrogens (tertiary/aromatic N) is 1. The lowest BCUT2D eigenvalue weighted by Crippen LogP contribution is -2.41. The van der Waals surface area contributed by atoms with E-state index in [4.69, 9.17) is 9.31 Å². The van der Waals surface area contributed by atoms with E-state index in [1.54, 1.807) is 0 Å². The topological polar surface area (TPSA) is 30.8 Å². The van der Waals surface area contributed by atoms with Crippen LogP contribution in [0.1, 0.15) is 34.6 Å². The molecule has 0 spiro atoms. The summed E-state index contributed by atoms with van der Waals surface area (Å²) in [6, 6.07) is 0. The Morgan fingerprint density at radius 2 is 1.62 bits per heavy atom. The summed E-state index contributed by atoms with van der Waals surface area (Å²) in [5, 5.41) is 0. The third kappa shape index (κ3) is 2.44. The SMILES string of the molecule is C=N/C(C)=C\C(=C)B1OC(C)(C)C(C)(C)O1. The molecule has 0 atom stereocenters. The highest BCUT2D eigenvalue weighted by Crippen LogP contribution is 2.38. The first kappa shape index (κ1) is 13.2. The zero-order chi connectivity index (χ0) is 12.6. The zero-order valence-corrected chi connectivity index (χ0v) is 10.8. The Morgan fingerprint density at radius 1 is 1.19 bits per heavy atom. The molecule has 0 unspecified atom stereocenters. The smallest absolute Gasteiger partial charge is 0.399 e. The molecule has 16 heavy (non-hydrogen) atoms. The van der Waals surface area contributed by atoms with Crippen LogP contribution in [0.4, 0.5) is 0 Å². The molecule has 0 amide bonds. The Kier molecular flexibility index (Phi) is 3.45. The van der Waals surface area contributed by atoms with Gasteiger partial charge in [0.25, 0.3) is 0 Å². The van der Waals surface area contributed by atoms with Crippen molar-refractivity contribution in [1.82, 2.24) is 0 Å². The fourth-order valence-corrected chi connectivity index (χ4v) is 1.38. The molecule has 0 aromatic carbocycles. The summed E-state index contributed by atoms with van der Waals surface area (Å²) in [6.45, 7) is 17.3. The monoisotopic (exact) mass is 221 g/mol. The molecule has 1 rings (SSSR count). The first-order valence-corrected chi connectivity index (χ1v) is 5.39. The predicted molar refractivity (Wildman–Crippen MR) is 68.5 cm³/mol. The molecule has 0 saturated carbocycles. The van der Waals surface area contributed by atoms with Crippen molar-refractivity contribution in [3.05, 3.63) is 23.8 Å². The minimum atomic E-state index is -0.401. The molecule has 3 nitrogen and oxygen atoms in total. The summed E-state index contributed by atoms with van der Waals surface area (Å²) in [6.07, 6.45) is 1.83. The van der Waals surface area contributed by atoms with Crippen LogP contribution in [0.2, 0.25) is 0 Å². The standard InChI is InChI=1S/C12H20BNO2/c1-9(8-10(2)14-7)13-15-11(3,4)12(5,6)16-13/h8H,1,7H2,2-6H3/b10-8-. The molecule has 1 aliphatic heterocycles. The van der Waals surface area contributed by atoms with Gasteiger partial charge in [0.1, 0.15) is 0 Å². The van der Waals surface area contributed by atoms with Crippen molar-refractivity contribution in [3.63, 3.8) is 0 Å². The van der Waals surface area contributed by atoms with Gasteiger partial charge in [0, 0.05) is 5.70 Å². The van der Waals surface area contributed by atoms with Crippen LogP contribution in [0.25, 0.3) is 0 Å². The lowest BCUT2D eigenvalue weighted by Gasteiger charge is -2.32. The minimum Gasteiger partial charge on any atom is -0.399 e. The average Bonchev–Trinajstić information content (AvgIpc) is 2.36. The number of hydrogen-bond donors (Lipinski definition) is 0. The van der Waals surface area contributed by atoms with Gasteiger partial charge in [-0.25, -0.2) is 0 Å². The first-order chi connectivity index (χ1) is 7.19. The van der Waals surface area contributed by atoms with Crippen LogP contribution >= 0.6 is 0 Å². The van der Waals surface area contributed by atoms with Gasteiger partial charge >= 0.3 is 7.12 Å². The third-order valence-corrected chi connectivity index (χ3v) is 3.20. The fourth-order valence-electron chi connectivity index (χ4n) is 1.38. The van der Waals surface area contributed by atoms with Gasteiger partial charge in [-0.05, 0) is 52.9 Å². The van der Waals surface area contributed by atoms with E-state index in [9.17, 15) is 0 Å². The third-order valence-electron chi connectivity index (χ3n) is 3.20. The molecule has 0 radical (unpaired) electrons. The average molecular weight is 221 g/mol. The van der Waals surface area contributed by atoms with Gasteiger partial charge in [-0.1, -0.05) is 6.58 Å². The summed E-state index contributed by atoms with van der Waals surface area (Å²) in [5.41, 5.74) is 0.914. The number of allylic oxidation sites excluding steroid dienone is 3. The quantitative estimate of drug-likeness (QED) is 0.416. The van der Waals surface area contributed by atoms with E-state index in [0.29, 0.717) is 0 Å². The maximum Gasteiger partial charge on any atom is 0.494 e. The summed E-state index contributed by atoms with van der Waals surface area (Å²) >= 11 is 0. The van der Waals surface area contributed by atoms with E-state index < -0.39 is 7.12 Å². The molecule has 1 fully saturated rings. The molecule has 4 heteroatoms. The Balaban J connectivity index is 2.81. The van der Waals surface area contributed by atoms with Crippen LogP contribution in [0, 0.1) is 0 Å². The summed E-state index contributed by atoms with van der Waals surface area (Å²) < 4.78 is 11.7. The van der Waals surface area contributed by atoms with Gasteiger partial charge in [-0.15, -0.1) is 0 Å². The highest BCUT2D eigenvalue weighted by Gasteiger charge is 2.51. The summed E-state index contributed by atoms with van der Waals surface area (Å²) in [7, 11) is -0.401. The predicted octanol–water partition coefficient (Wildman–Crippen LogP) is 2.78. The van der Waals surface area contributed by atoms with Crippen molar-refractivity contribution in [2.45, 2.75) is 45.8 Å². The molecule has 1 aliphatic rings. The molecule has 0 N–H and O–H groups in total. The summed E-state index contributed by atoms with van der Waals surface area (Å²) in [4.78, 5) is 3.81. The van der Waals surface area contributed by atoms with Gasteiger partial charge in [-0.3, -0.25) is 4.99 Å². The lowest BCUT2D eigenvalue weighted by atomic mass is 9.79. The Hall–Kier alpha value is -0.865. The number of aliphatic imine (C=N–C) groups is 1. The molecule has 0 bridgehead atoms. The van der Waals surface area contributed by atoms with Gasteiger partial charge in [-0.2, -0.15) is 0 Å². The molecule has 0 aromatic rings. The molecule has 0 aliphatic carbocycles. The molecule has 1 saturated heterocycles. The highest BCUT2D eigenvalue weighted by atomic mass is 16.7. The highest BCUT2D eigenvalue weighted by molar-refractivity contribution is 6.55. The van der Waals surface area contributed by atoms with Crippen molar-refractivity contribution in [2.24, 2.45) is 4.99 Å². The van der Waals surface area contributed by atoms with E-state index in [-0.39, 0.29) is 11.2 Å². The molecule has 0 aromatic heterocycles. The Labute approximate surface area is 98.4 Å². The van der Waals surface area contributed by atoms with Crippen molar-refractivity contribution in [3.8, 4) is 0 Å². The lowest BCUT2D eigenvalue weighted by molar-refractivity contribution is 0.00578. The van der Waals surface area contributed by atoms with Crippen molar-refractivity contribution in [1.29, 1.82) is 0 Å². The largest absolute Gasteiger partial charge is 0.494 e. The first-order valence-electron chi connectivity index (χ1n) is 5.39. The van der Waals surface area contributed by atoms with E-state index in [1.807, 2.05) is 40.7 Å². The van der Waals surface area contributed by atoms with Crippen LogP contribution in [0.3, 0.4) is 0 Å². The minimum absolute atomic E-state index is 0.329. The van der Waals surface area contributed by atoms with Crippen molar-refractivity contribution in [2.75, 3.05) is 0 Å². The normalized spacial score (nSPS) is 23.3. The van der Waals surface area contributed by atoms with Gasteiger partial charge in [0.15, 0.2) is 0 Å². The molecular formula is C12H20BNO2. The van der Waals surface area contributed by atoms with Crippen LogP contribution in [0.5, 0.6) is 0 Å². The second-order valence-electron chi connectivity index (χ2n) is 5.11. The van der Waals surface area contributed by atoms with Crippen molar-refractivity contribution >= 4 is 13.8 Å². The number of rotatable bonds is 3. The molecule has 88 valence electrons. The zero-order valence-electron chi connectivity index (χ0n) is 10.8. The second-order valence-corrected chi connectivity index (χ2v) is 5.11. The second kappa shape index (κ2) is 4.19. The Morgan fingerprint density at radius 3 is 2.00 bits per heavy atom. The van der Waals surface area contributed by atoms with Crippen molar-refractivity contribution < 1.29 is 9.31 Å². The fraction of sp³-hybridized carbons (Fsp3) is 0.583. The maximum atomic E-state index is 5.84. The van der Waals surface area contributed by atoms with E-state index in [2.05, 4.69) is 18.3 Å². The van der Waals surface area contributed by atoms with Gasteiger partial charge in [0.2, 0.25) is 0 Å². The van der Waals surface area contributed by atoms with Gasteiger partial charge < -0.3 is 9.31 Å². The van der Waals surface area contributed by atoms with E-state index in [0.717, 1.165) is 11.2 Å². The van der Waals surface area contributed by atoms with Crippen LogP contribution in [-0.2, 0) is 9.31 Å². The van der Waals surface area contributed by atoms with Gasteiger partial charge in [0.05, 0.1) is 11.2 Å². The van der Waals surface area contributed by atoms with Crippen LogP contribution in [0.15, 0.2) is 28.8 Å². The number of hydrogen-bond acceptors (Lipinski definition) is 3.